The molecule has 0 aliphatic heterocycles. The van der Waals surface area contributed by atoms with Gasteiger partial charge >= 0.3 is 0 Å². The van der Waals surface area contributed by atoms with Crippen molar-refractivity contribution < 1.29 is 4.79 Å². The van der Waals surface area contributed by atoms with E-state index in [0.29, 0.717) is 18.0 Å². The molecule has 0 fully saturated rings. The van der Waals surface area contributed by atoms with Gasteiger partial charge in [-0.05, 0) is 24.5 Å². The molecule has 1 aliphatic rings. The molecule has 66 valence electrons. The van der Waals surface area contributed by atoms with Gasteiger partial charge < -0.3 is 5.32 Å². The Bertz CT molecular complexity index is 245. The molecule has 1 amide bonds. The molecule has 12 heavy (non-hydrogen) atoms. The van der Waals surface area contributed by atoms with E-state index in [4.69, 9.17) is 23.2 Å². The van der Waals surface area contributed by atoms with Crippen LogP contribution in [0.1, 0.15) is 12.8 Å². The van der Waals surface area contributed by atoms with Crippen molar-refractivity contribution in [3.05, 3.63) is 21.7 Å². The zero-order valence-electron chi connectivity index (χ0n) is 6.44. The first-order valence-corrected chi connectivity index (χ1v) is 4.40. The molecule has 1 rings (SSSR count). The van der Waals surface area contributed by atoms with Crippen molar-refractivity contribution in [3.63, 3.8) is 0 Å². The molecule has 0 heterocycles. The predicted octanol–water partition coefficient (Wildman–Crippen LogP) is 2.14. The van der Waals surface area contributed by atoms with Crippen molar-refractivity contribution in [2.45, 2.75) is 12.8 Å². The molecule has 0 radical (unpaired) electrons. The van der Waals surface area contributed by atoms with E-state index in [1.807, 2.05) is 0 Å². The predicted molar refractivity (Wildman–Crippen MR) is 50.1 cm³/mol. The summed E-state index contributed by atoms with van der Waals surface area (Å²) >= 11 is 11.6. The highest BCUT2D eigenvalue weighted by atomic mass is 35.5. The van der Waals surface area contributed by atoms with Crippen molar-refractivity contribution in [2.75, 3.05) is 6.54 Å². The number of allylic oxidation sites excluding steroid dienone is 3. The maximum Gasteiger partial charge on any atom is 0.207 e. The summed E-state index contributed by atoms with van der Waals surface area (Å²) in [5, 5.41) is 3.99. The maximum atomic E-state index is 10.0. The fourth-order valence-corrected chi connectivity index (χ4v) is 1.59. The molecule has 0 saturated heterocycles. The van der Waals surface area contributed by atoms with Gasteiger partial charge in [0.15, 0.2) is 0 Å². The lowest BCUT2D eigenvalue weighted by Gasteiger charge is -2.12. The van der Waals surface area contributed by atoms with Crippen LogP contribution in [0.4, 0.5) is 0 Å². The lowest BCUT2D eigenvalue weighted by Crippen LogP contribution is -2.16. The summed E-state index contributed by atoms with van der Waals surface area (Å²) in [7, 11) is 0. The zero-order valence-corrected chi connectivity index (χ0v) is 7.95. The monoisotopic (exact) mass is 205 g/mol. The van der Waals surface area contributed by atoms with Gasteiger partial charge in [-0.2, -0.15) is 0 Å². The van der Waals surface area contributed by atoms with Gasteiger partial charge in [0, 0.05) is 16.6 Å². The number of carbonyl (C=O) groups is 1. The first-order chi connectivity index (χ1) is 5.74. The van der Waals surface area contributed by atoms with Crippen LogP contribution >= 0.6 is 23.2 Å². The largest absolute Gasteiger partial charge is 0.355 e. The minimum Gasteiger partial charge on any atom is -0.355 e. The maximum absolute atomic E-state index is 10.0. The Labute approximate surface area is 81.2 Å². The van der Waals surface area contributed by atoms with Gasteiger partial charge in [-0.1, -0.05) is 23.2 Å². The van der Waals surface area contributed by atoms with Crippen molar-refractivity contribution in [3.8, 4) is 0 Å². The molecular formula is C8H9Cl2NO. The Morgan fingerprint density at radius 1 is 1.50 bits per heavy atom. The van der Waals surface area contributed by atoms with E-state index in [1.54, 1.807) is 6.08 Å². The van der Waals surface area contributed by atoms with Crippen LogP contribution < -0.4 is 5.32 Å². The second-order valence-electron chi connectivity index (χ2n) is 2.54. The molecule has 0 aromatic rings. The van der Waals surface area contributed by atoms with Crippen LogP contribution in [0.15, 0.2) is 21.7 Å². The molecule has 0 bridgehead atoms. The highest BCUT2D eigenvalue weighted by Crippen LogP contribution is 2.27. The minimum atomic E-state index is 0.517. The number of nitrogens with one attached hydrogen (secondary N) is 1. The molecule has 0 saturated carbocycles. The van der Waals surface area contributed by atoms with E-state index in [-0.39, 0.29) is 0 Å². The number of halogens is 2. The first kappa shape index (κ1) is 9.62. The lowest BCUT2D eigenvalue weighted by molar-refractivity contribution is -0.109. The third-order valence-electron chi connectivity index (χ3n) is 1.69. The standard InChI is InChI=1S/C8H9Cl2NO/c9-7-2-1-6(4-11-5-12)8(10)3-7/h3,5H,1-2,4H2,(H,11,12). The highest BCUT2D eigenvalue weighted by Gasteiger charge is 2.09. The number of amides is 1. The van der Waals surface area contributed by atoms with Gasteiger partial charge in [-0.3, -0.25) is 4.79 Å². The number of rotatable bonds is 3. The Kier molecular flexibility index (Phi) is 3.63. The summed E-state index contributed by atoms with van der Waals surface area (Å²) in [6.07, 6.45) is 4.04. The van der Waals surface area contributed by atoms with Gasteiger partial charge in [-0.25, -0.2) is 0 Å². The smallest absolute Gasteiger partial charge is 0.207 e. The summed E-state index contributed by atoms with van der Waals surface area (Å²) < 4.78 is 0. The molecule has 1 aliphatic carbocycles. The van der Waals surface area contributed by atoms with Crippen LogP contribution in [0.3, 0.4) is 0 Å². The summed E-state index contributed by atoms with van der Waals surface area (Å²) in [5.74, 6) is 0. The second-order valence-corrected chi connectivity index (χ2v) is 3.43. The molecular weight excluding hydrogens is 197 g/mol. The van der Waals surface area contributed by atoms with Crippen molar-refractivity contribution in [1.82, 2.24) is 5.32 Å². The Hall–Kier alpha value is -0.470. The molecule has 0 aromatic heterocycles. The fraction of sp³-hybridized carbons (Fsp3) is 0.375. The minimum absolute atomic E-state index is 0.517. The van der Waals surface area contributed by atoms with Crippen molar-refractivity contribution >= 4 is 29.6 Å². The van der Waals surface area contributed by atoms with E-state index in [2.05, 4.69) is 5.32 Å². The third kappa shape index (κ3) is 2.54. The zero-order chi connectivity index (χ0) is 8.97. The van der Waals surface area contributed by atoms with Crippen molar-refractivity contribution in [1.29, 1.82) is 0 Å². The normalized spacial score (nSPS) is 17.3. The van der Waals surface area contributed by atoms with Gasteiger partial charge in [0.25, 0.3) is 0 Å². The van der Waals surface area contributed by atoms with Gasteiger partial charge in [0.05, 0.1) is 0 Å². The SMILES string of the molecule is O=CNCC1=C(Cl)C=C(Cl)CC1. The van der Waals surface area contributed by atoms with E-state index in [0.717, 1.165) is 23.4 Å². The average Bonchev–Trinajstić information content (AvgIpc) is 2.03. The van der Waals surface area contributed by atoms with Crippen LogP contribution in [0.25, 0.3) is 0 Å². The molecule has 4 heteroatoms. The van der Waals surface area contributed by atoms with E-state index < -0.39 is 0 Å². The highest BCUT2D eigenvalue weighted by molar-refractivity contribution is 6.35. The Morgan fingerprint density at radius 3 is 2.83 bits per heavy atom. The Morgan fingerprint density at radius 2 is 2.25 bits per heavy atom. The molecule has 1 N–H and O–H groups in total. The molecule has 0 spiro atoms. The van der Waals surface area contributed by atoms with Gasteiger partial charge in [-0.15, -0.1) is 0 Å². The molecule has 2 nitrogen and oxygen atoms in total. The fourth-order valence-electron chi connectivity index (χ4n) is 1.04. The second kappa shape index (κ2) is 4.53. The van der Waals surface area contributed by atoms with Crippen LogP contribution in [-0.4, -0.2) is 13.0 Å². The van der Waals surface area contributed by atoms with Crippen molar-refractivity contribution in [2.24, 2.45) is 0 Å². The topological polar surface area (TPSA) is 29.1 Å². The van der Waals surface area contributed by atoms with Crippen LogP contribution in [0.2, 0.25) is 0 Å². The van der Waals surface area contributed by atoms with E-state index >= 15 is 0 Å². The van der Waals surface area contributed by atoms with E-state index in [1.165, 1.54) is 0 Å². The van der Waals surface area contributed by atoms with Crippen LogP contribution in [0.5, 0.6) is 0 Å². The lowest BCUT2D eigenvalue weighted by atomic mass is 10.1. The number of hydrogen-bond acceptors (Lipinski definition) is 1. The molecule has 0 aromatic carbocycles. The average molecular weight is 206 g/mol. The number of hydrogen-bond donors (Lipinski definition) is 1. The molecule has 0 unspecified atom stereocenters. The summed E-state index contributed by atoms with van der Waals surface area (Å²) in [4.78, 5) is 10.0. The van der Waals surface area contributed by atoms with Crippen LogP contribution in [0, 0.1) is 0 Å². The number of carbonyl (C=O) groups excluding carboxylic acids is 1. The summed E-state index contributed by atoms with van der Waals surface area (Å²) in [6.45, 7) is 0.517. The van der Waals surface area contributed by atoms with Gasteiger partial charge in [0.1, 0.15) is 0 Å². The van der Waals surface area contributed by atoms with E-state index in [9.17, 15) is 4.79 Å². The first-order valence-electron chi connectivity index (χ1n) is 3.64. The Balaban J connectivity index is 2.62. The molecule has 0 atom stereocenters. The van der Waals surface area contributed by atoms with Gasteiger partial charge in [0.2, 0.25) is 6.41 Å². The summed E-state index contributed by atoms with van der Waals surface area (Å²) in [6, 6.07) is 0. The third-order valence-corrected chi connectivity index (χ3v) is 2.36. The quantitative estimate of drug-likeness (QED) is 0.704. The summed E-state index contributed by atoms with van der Waals surface area (Å²) in [5.41, 5.74) is 1.04. The van der Waals surface area contributed by atoms with Crippen LogP contribution in [-0.2, 0) is 4.79 Å².